The quantitative estimate of drug-likeness (QED) is 0.852. The first-order valence-electron chi connectivity index (χ1n) is 7.66. The largest absolute Gasteiger partial charge is 0.497 e. The Labute approximate surface area is 150 Å². The predicted octanol–water partition coefficient (Wildman–Crippen LogP) is 3.48. The highest BCUT2D eigenvalue weighted by Crippen LogP contribution is 2.31. The Morgan fingerprint density at radius 1 is 1.04 bits per heavy atom. The van der Waals surface area contributed by atoms with E-state index in [1.807, 2.05) is 6.92 Å². The molecule has 1 N–H and O–H groups in total. The van der Waals surface area contributed by atoms with Crippen molar-refractivity contribution in [2.24, 2.45) is 0 Å². The Balaban J connectivity index is 2.07. The van der Waals surface area contributed by atoms with Crippen LogP contribution >= 0.6 is 11.6 Å². The molecule has 5 nitrogen and oxygen atoms in total. The number of amides is 2. The Morgan fingerprint density at radius 3 is 2.32 bits per heavy atom. The van der Waals surface area contributed by atoms with Crippen molar-refractivity contribution in [2.75, 3.05) is 19.5 Å². The van der Waals surface area contributed by atoms with Crippen LogP contribution in [0.3, 0.4) is 0 Å². The molecule has 0 radical (unpaired) electrons. The Bertz CT molecular complexity index is 888. The second-order valence-corrected chi connectivity index (χ2v) is 6.17. The number of nitrogens with one attached hydrogen (secondary N) is 1. The molecule has 0 aliphatic carbocycles. The van der Waals surface area contributed by atoms with Crippen LogP contribution in [-0.2, 0) is 9.59 Å². The van der Waals surface area contributed by atoms with E-state index in [2.05, 4.69) is 5.32 Å². The van der Waals surface area contributed by atoms with E-state index in [0.717, 1.165) is 16.2 Å². The second kappa shape index (κ2) is 6.61. The molecule has 2 aromatic carbocycles. The van der Waals surface area contributed by atoms with Gasteiger partial charge in [0.15, 0.2) is 0 Å². The summed E-state index contributed by atoms with van der Waals surface area (Å²) < 4.78 is 5.14. The normalized spacial score (nSPS) is 14.3. The van der Waals surface area contributed by atoms with Gasteiger partial charge in [-0.25, -0.2) is 0 Å². The molecular formula is C19H17ClN2O3. The number of nitrogens with zero attached hydrogens (tertiary/aromatic N) is 1. The maximum atomic E-state index is 12.6. The lowest BCUT2D eigenvalue weighted by atomic mass is 10.0. The number of hydrogen-bond acceptors (Lipinski definition) is 4. The lowest BCUT2D eigenvalue weighted by Crippen LogP contribution is -2.28. The molecule has 128 valence electrons. The third-order valence-corrected chi connectivity index (χ3v) is 4.35. The van der Waals surface area contributed by atoms with Crippen LogP contribution in [0.4, 0.5) is 5.69 Å². The van der Waals surface area contributed by atoms with Gasteiger partial charge < -0.3 is 10.1 Å². The molecular weight excluding hydrogens is 340 g/mol. The fourth-order valence-corrected chi connectivity index (χ4v) is 2.91. The van der Waals surface area contributed by atoms with Gasteiger partial charge in [0.05, 0.1) is 12.7 Å². The number of likely N-dealkylation sites (N-methyl/N-ethyl adjacent to an activating group) is 1. The van der Waals surface area contributed by atoms with Gasteiger partial charge in [-0.1, -0.05) is 23.7 Å². The lowest BCUT2D eigenvalue weighted by Gasteiger charge is -2.11. The van der Waals surface area contributed by atoms with Gasteiger partial charge in [-0.05, 0) is 48.4 Å². The van der Waals surface area contributed by atoms with Crippen molar-refractivity contribution in [1.82, 2.24) is 4.90 Å². The summed E-state index contributed by atoms with van der Waals surface area (Å²) in [6, 6.07) is 12.3. The minimum absolute atomic E-state index is 0.253. The number of carbonyl (C=O) groups is 2. The third-order valence-electron chi connectivity index (χ3n) is 4.11. The molecule has 0 saturated heterocycles. The van der Waals surface area contributed by atoms with Crippen LogP contribution in [-0.4, -0.2) is 30.9 Å². The molecule has 2 aromatic rings. The maximum absolute atomic E-state index is 12.6. The Morgan fingerprint density at radius 2 is 1.72 bits per heavy atom. The van der Waals surface area contributed by atoms with E-state index >= 15 is 0 Å². The zero-order valence-corrected chi connectivity index (χ0v) is 14.8. The summed E-state index contributed by atoms with van der Waals surface area (Å²) in [6.07, 6.45) is 0. The molecule has 25 heavy (non-hydrogen) atoms. The SMILES string of the molecule is COc1ccc(C2=C(Nc3ccc(Cl)cc3C)C(=O)N(C)C2=O)cc1. The molecule has 0 bridgehead atoms. The van der Waals surface area contributed by atoms with Gasteiger partial charge in [-0.3, -0.25) is 14.5 Å². The first-order chi connectivity index (χ1) is 11.9. The van der Waals surface area contributed by atoms with Gasteiger partial charge in [0.1, 0.15) is 11.4 Å². The minimum Gasteiger partial charge on any atom is -0.497 e. The van der Waals surface area contributed by atoms with E-state index in [1.54, 1.807) is 49.6 Å². The van der Waals surface area contributed by atoms with Crippen molar-refractivity contribution in [3.63, 3.8) is 0 Å². The highest BCUT2D eigenvalue weighted by atomic mass is 35.5. The summed E-state index contributed by atoms with van der Waals surface area (Å²) >= 11 is 5.98. The predicted molar refractivity (Wildman–Crippen MR) is 97.5 cm³/mol. The molecule has 3 rings (SSSR count). The topological polar surface area (TPSA) is 58.6 Å². The van der Waals surface area contributed by atoms with Gasteiger partial charge >= 0.3 is 0 Å². The van der Waals surface area contributed by atoms with Gasteiger partial charge in [0.25, 0.3) is 11.8 Å². The Kier molecular flexibility index (Phi) is 4.51. The van der Waals surface area contributed by atoms with E-state index in [0.29, 0.717) is 21.9 Å². The van der Waals surface area contributed by atoms with Gasteiger partial charge in [0.2, 0.25) is 0 Å². The molecule has 0 aromatic heterocycles. The number of ether oxygens (including phenoxy) is 1. The van der Waals surface area contributed by atoms with Crippen molar-refractivity contribution in [2.45, 2.75) is 6.92 Å². The number of imide groups is 1. The minimum atomic E-state index is -0.370. The molecule has 0 fully saturated rings. The summed E-state index contributed by atoms with van der Waals surface area (Å²) in [6.45, 7) is 1.88. The van der Waals surface area contributed by atoms with E-state index < -0.39 is 0 Å². The average molecular weight is 357 g/mol. The van der Waals surface area contributed by atoms with E-state index in [9.17, 15) is 9.59 Å². The smallest absolute Gasteiger partial charge is 0.277 e. The number of methoxy groups -OCH3 is 1. The lowest BCUT2D eigenvalue weighted by molar-refractivity contribution is -0.135. The van der Waals surface area contributed by atoms with Crippen LogP contribution in [0.5, 0.6) is 5.75 Å². The standard InChI is InChI=1S/C19H17ClN2O3/c1-11-10-13(20)6-9-15(11)21-17-16(18(23)22(2)19(17)24)12-4-7-14(25-3)8-5-12/h4-10,21H,1-3H3. The number of aryl methyl sites for hydroxylation is 1. The van der Waals surface area contributed by atoms with E-state index in [4.69, 9.17) is 16.3 Å². The zero-order chi connectivity index (χ0) is 18.1. The van der Waals surface area contributed by atoms with Crippen molar-refractivity contribution in [3.05, 3.63) is 64.3 Å². The molecule has 0 unspecified atom stereocenters. The molecule has 6 heteroatoms. The zero-order valence-electron chi connectivity index (χ0n) is 14.1. The van der Waals surface area contributed by atoms with Crippen LogP contribution in [0.2, 0.25) is 5.02 Å². The van der Waals surface area contributed by atoms with Gasteiger partial charge in [-0.2, -0.15) is 0 Å². The van der Waals surface area contributed by atoms with Crippen LogP contribution in [0, 0.1) is 6.92 Å². The number of carbonyl (C=O) groups excluding carboxylic acids is 2. The third kappa shape index (κ3) is 3.10. The Hall–Kier alpha value is -2.79. The fourth-order valence-electron chi connectivity index (χ4n) is 2.68. The van der Waals surface area contributed by atoms with Crippen LogP contribution in [0.15, 0.2) is 48.2 Å². The van der Waals surface area contributed by atoms with Crippen molar-refractivity contribution in [3.8, 4) is 5.75 Å². The molecule has 1 aliphatic rings. The van der Waals surface area contributed by atoms with Crippen LogP contribution in [0.25, 0.3) is 5.57 Å². The van der Waals surface area contributed by atoms with E-state index in [1.165, 1.54) is 7.05 Å². The molecule has 1 heterocycles. The molecule has 1 aliphatic heterocycles. The molecule has 0 spiro atoms. The highest BCUT2D eigenvalue weighted by molar-refractivity contribution is 6.36. The molecule has 0 saturated carbocycles. The summed E-state index contributed by atoms with van der Waals surface area (Å²) in [5.41, 5.74) is 2.84. The highest BCUT2D eigenvalue weighted by Gasteiger charge is 2.36. The second-order valence-electron chi connectivity index (χ2n) is 5.73. The number of rotatable bonds is 4. The average Bonchev–Trinajstić information content (AvgIpc) is 2.81. The van der Waals surface area contributed by atoms with E-state index in [-0.39, 0.29) is 17.5 Å². The summed E-state index contributed by atoms with van der Waals surface area (Å²) in [5.74, 6) is -0.0352. The number of benzene rings is 2. The number of anilines is 1. The van der Waals surface area contributed by atoms with Gasteiger partial charge in [0, 0.05) is 17.8 Å². The van der Waals surface area contributed by atoms with Crippen molar-refractivity contribution in [1.29, 1.82) is 0 Å². The van der Waals surface area contributed by atoms with Crippen LogP contribution < -0.4 is 10.1 Å². The first kappa shape index (κ1) is 17.0. The number of halogens is 1. The summed E-state index contributed by atoms with van der Waals surface area (Å²) in [7, 11) is 3.04. The number of hydrogen-bond donors (Lipinski definition) is 1. The van der Waals surface area contributed by atoms with Crippen molar-refractivity contribution >= 4 is 34.7 Å². The first-order valence-corrected chi connectivity index (χ1v) is 8.04. The summed E-state index contributed by atoms with van der Waals surface area (Å²) in [4.78, 5) is 26.2. The van der Waals surface area contributed by atoms with Gasteiger partial charge in [-0.15, -0.1) is 0 Å². The summed E-state index contributed by atoms with van der Waals surface area (Å²) in [5, 5.41) is 3.71. The molecule has 0 atom stereocenters. The van der Waals surface area contributed by atoms with Crippen molar-refractivity contribution < 1.29 is 14.3 Å². The fraction of sp³-hybridized carbons (Fsp3) is 0.158. The maximum Gasteiger partial charge on any atom is 0.277 e. The molecule has 2 amide bonds. The monoisotopic (exact) mass is 356 g/mol. The van der Waals surface area contributed by atoms with Crippen LogP contribution in [0.1, 0.15) is 11.1 Å².